The maximum absolute atomic E-state index is 9.25. The fourth-order valence-corrected chi connectivity index (χ4v) is 1.11. The predicted octanol–water partition coefficient (Wildman–Crippen LogP) is 5.19. The number of aliphatic carboxylic acids is 1. The second-order valence-electron chi connectivity index (χ2n) is 8.73. The number of carboxylic acid groups (broad SMARTS) is 1. The molecule has 0 saturated heterocycles. The van der Waals surface area contributed by atoms with E-state index in [9.17, 15) is 4.79 Å². The first kappa shape index (κ1) is 77.0. The summed E-state index contributed by atoms with van der Waals surface area (Å²) >= 11 is 0. The zero-order chi connectivity index (χ0) is 37.4. The summed E-state index contributed by atoms with van der Waals surface area (Å²) in [5, 5.41) is 79.7. The average molecular weight is 847 g/mol. The van der Waals surface area contributed by atoms with E-state index in [2.05, 4.69) is 61.6 Å². The molecule has 0 aromatic heterocycles. The van der Waals surface area contributed by atoms with Crippen LogP contribution in [-0.2, 0) is 57.2 Å². The quantitative estimate of drug-likeness (QED) is 0.0554. The Morgan fingerprint density at radius 2 is 0.574 bits per heavy atom. The van der Waals surface area contributed by atoms with E-state index in [0.29, 0.717) is 46.2 Å². The Morgan fingerprint density at radius 1 is 0.468 bits per heavy atom. The van der Waals surface area contributed by atoms with Crippen LogP contribution in [0.4, 0.5) is 0 Å². The molecule has 0 amide bonds. The molecule has 13 heteroatoms. The molecule has 0 bridgehead atoms. The molecule has 0 aromatic carbocycles. The first-order valence-electron chi connectivity index (χ1n) is 16.5. The normalized spacial score (nSPS) is 7.85. The number of carboxylic acids is 1. The van der Waals surface area contributed by atoms with Gasteiger partial charge in [0.2, 0.25) is 0 Å². The van der Waals surface area contributed by atoms with Crippen LogP contribution in [-0.4, -0.2) is 110 Å². The molecule has 11 nitrogen and oxygen atoms in total. The monoisotopic (exact) mass is 844 g/mol. The minimum Gasteiger partial charge on any atom is -0.478 e. The summed E-state index contributed by atoms with van der Waals surface area (Å²) in [7, 11) is 0. The molecule has 0 aliphatic rings. The van der Waals surface area contributed by atoms with Crippen LogP contribution in [0.5, 0.6) is 0 Å². The van der Waals surface area contributed by atoms with Gasteiger partial charge in [-0.15, -0.1) is 0 Å². The van der Waals surface area contributed by atoms with Crippen molar-refractivity contribution in [3.05, 3.63) is 25.3 Å². The molecule has 0 aliphatic heterocycles. The molecule has 0 fully saturated rings. The summed E-state index contributed by atoms with van der Waals surface area (Å²) in [5.41, 5.74) is 0. The molecule has 0 unspecified atom stereocenters. The topological polar surface area (TPSA) is 219 Å². The van der Waals surface area contributed by atoms with Gasteiger partial charge in [0.05, 0.1) is 0 Å². The van der Waals surface area contributed by atoms with Crippen LogP contribution in [0.25, 0.3) is 0 Å². The van der Waals surface area contributed by atoms with Crippen molar-refractivity contribution in [2.24, 2.45) is 0 Å². The molecular formula is C34H80O11Zr2. The van der Waals surface area contributed by atoms with Crippen molar-refractivity contribution in [1.82, 2.24) is 0 Å². The fraction of sp³-hybridized carbons (Fsp3) is 0.853. The van der Waals surface area contributed by atoms with Crippen LogP contribution < -0.4 is 0 Å². The van der Waals surface area contributed by atoms with Gasteiger partial charge in [-0.05, 0) is 51.0 Å². The molecule has 0 radical (unpaired) electrons. The molecule has 0 heterocycles. The van der Waals surface area contributed by atoms with Gasteiger partial charge in [0.1, 0.15) is 0 Å². The third-order valence-corrected chi connectivity index (χ3v) is 3.97. The van der Waals surface area contributed by atoms with Crippen LogP contribution >= 0.6 is 0 Å². The molecule has 0 atom stereocenters. The fourth-order valence-electron chi connectivity index (χ4n) is 1.11. The number of carbonyl (C=O) groups is 1. The van der Waals surface area contributed by atoms with Crippen molar-refractivity contribution in [1.29, 1.82) is 0 Å². The smallest absolute Gasteiger partial charge is 0.327 e. The molecule has 290 valence electrons. The van der Waals surface area contributed by atoms with Gasteiger partial charge in [-0.2, -0.15) is 0 Å². The Bertz CT molecular complexity index is 337. The van der Waals surface area contributed by atoms with Gasteiger partial charge < -0.3 is 51.1 Å². The van der Waals surface area contributed by atoms with Crippen molar-refractivity contribution in [3.63, 3.8) is 0 Å². The van der Waals surface area contributed by atoms with Gasteiger partial charge in [-0.1, -0.05) is 107 Å². The first-order valence-corrected chi connectivity index (χ1v) is 16.5. The number of aliphatic hydroxyl groups is 9. The van der Waals surface area contributed by atoms with Gasteiger partial charge in [-0.3, -0.25) is 0 Å². The molecule has 47 heavy (non-hydrogen) atoms. The first-order chi connectivity index (χ1) is 21.4. The van der Waals surface area contributed by atoms with E-state index in [1.54, 1.807) is 0 Å². The Balaban J connectivity index is -0.0000000343. The Kier molecular flexibility index (Phi) is 181. The average Bonchev–Trinajstić information content (AvgIpc) is 3.02. The molecule has 0 rings (SSSR count). The third-order valence-electron chi connectivity index (χ3n) is 3.97. The molecular weight excluding hydrogens is 767 g/mol. The van der Waals surface area contributed by atoms with Crippen molar-refractivity contribution >= 4 is 5.97 Å². The zero-order valence-corrected chi connectivity index (χ0v) is 36.3. The van der Waals surface area contributed by atoms with E-state index >= 15 is 0 Å². The molecule has 0 saturated carbocycles. The maximum Gasteiger partial charge on any atom is 0.327 e. The molecule has 0 spiro atoms. The summed E-state index contributed by atoms with van der Waals surface area (Å²) in [4.78, 5) is 9.25. The summed E-state index contributed by atoms with van der Waals surface area (Å²) in [5.74, 6) is -0.981. The van der Waals surface area contributed by atoms with E-state index in [1.807, 2.05) is 0 Å². The number of rotatable bonds is 16. The van der Waals surface area contributed by atoms with Crippen molar-refractivity contribution < 1.29 is 108 Å². The Morgan fingerprint density at radius 3 is 0.574 bits per heavy atom. The van der Waals surface area contributed by atoms with Crippen LogP contribution in [0.2, 0.25) is 0 Å². The zero-order valence-electron chi connectivity index (χ0n) is 31.4. The Hall–Kier alpha value is 0.356. The van der Waals surface area contributed by atoms with E-state index < -0.39 is 12.3 Å². The summed E-state index contributed by atoms with van der Waals surface area (Å²) < 4.78 is 0. The Labute approximate surface area is 328 Å². The van der Waals surface area contributed by atoms with Gasteiger partial charge in [0.25, 0.3) is 0 Å². The number of hydrogen-bond acceptors (Lipinski definition) is 10. The minimum absolute atomic E-state index is 0. The molecule has 0 aromatic rings. The minimum atomic E-state index is -1.35. The van der Waals surface area contributed by atoms with E-state index in [0.717, 1.165) is 102 Å². The van der Waals surface area contributed by atoms with Crippen LogP contribution in [0.3, 0.4) is 0 Å². The van der Waals surface area contributed by atoms with Gasteiger partial charge in [0.15, 0.2) is 6.29 Å². The van der Waals surface area contributed by atoms with E-state index in [-0.39, 0.29) is 52.4 Å². The van der Waals surface area contributed by atoms with Crippen molar-refractivity contribution in [2.45, 2.75) is 145 Å². The SMILES string of the molecule is C=CC(=O)O.C=CC(O)O.CCCCO.CCCCO.CCCCO.CCCCO.CCCCO.CCCCO.CCCCO.[Zr].[Zr]. The van der Waals surface area contributed by atoms with Gasteiger partial charge >= 0.3 is 5.97 Å². The number of hydrogen-bond donors (Lipinski definition) is 10. The summed E-state index contributed by atoms with van der Waals surface area (Å²) in [6, 6.07) is 0. The van der Waals surface area contributed by atoms with Crippen molar-refractivity contribution in [2.75, 3.05) is 46.2 Å². The van der Waals surface area contributed by atoms with Gasteiger partial charge in [-0.25, -0.2) is 4.79 Å². The summed E-state index contributed by atoms with van der Waals surface area (Å²) in [6.07, 6.45) is 14.8. The van der Waals surface area contributed by atoms with E-state index in [1.165, 1.54) is 0 Å². The van der Waals surface area contributed by atoms with Gasteiger partial charge in [0, 0.05) is 105 Å². The van der Waals surface area contributed by atoms with Crippen LogP contribution in [0.15, 0.2) is 25.3 Å². The predicted molar refractivity (Wildman–Crippen MR) is 190 cm³/mol. The van der Waals surface area contributed by atoms with Crippen molar-refractivity contribution in [3.8, 4) is 0 Å². The maximum atomic E-state index is 9.25. The number of unbranched alkanes of at least 4 members (excludes halogenated alkanes) is 7. The van der Waals surface area contributed by atoms with Crippen LogP contribution in [0, 0.1) is 0 Å². The third kappa shape index (κ3) is 271. The largest absolute Gasteiger partial charge is 0.478 e. The molecule has 10 N–H and O–H groups in total. The second-order valence-corrected chi connectivity index (χ2v) is 8.73. The molecule has 0 aliphatic carbocycles. The number of aliphatic hydroxyl groups excluding tert-OH is 8. The van der Waals surface area contributed by atoms with E-state index in [4.69, 9.17) is 51.1 Å². The summed E-state index contributed by atoms with van der Waals surface area (Å²) in [6.45, 7) is 22.8. The second kappa shape index (κ2) is 111. The van der Waals surface area contributed by atoms with Crippen LogP contribution in [0.1, 0.15) is 138 Å². The standard InChI is InChI=1S/7C4H10O.C3H6O2.C3H4O2.2Zr/c7*1-2-3-4-5;2*1-2-3(4)5;;/h7*5H,2-4H2,1H3;2-5H,1H2;2H,1H2,(H,4,5);;.